The molecule has 0 aromatic carbocycles. The summed E-state index contributed by atoms with van der Waals surface area (Å²) in [4.78, 5) is 24.6. The first-order valence-corrected chi connectivity index (χ1v) is 7.58. The normalized spacial score (nSPS) is 17.9. The molecule has 4 nitrogen and oxygen atoms in total. The zero-order valence-electron chi connectivity index (χ0n) is 11.4. The molecule has 2 amide bonds. The fourth-order valence-corrected chi connectivity index (χ4v) is 3.95. The van der Waals surface area contributed by atoms with Crippen LogP contribution in [0.2, 0.25) is 0 Å². The quantitative estimate of drug-likeness (QED) is 0.890. The van der Waals surface area contributed by atoms with Crippen molar-refractivity contribution in [1.29, 1.82) is 0 Å². The van der Waals surface area contributed by atoms with Gasteiger partial charge < -0.3 is 11.1 Å². The maximum atomic E-state index is 11.7. The largest absolute Gasteiger partial charge is 0.365 e. The number of amides is 2. The van der Waals surface area contributed by atoms with Crippen LogP contribution >= 0.6 is 11.3 Å². The number of nitrogens with two attached hydrogens (primary N) is 1. The summed E-state index contributed by atoms with van der Waals surface area (Å²) in [7, 11) is 0. The van der Waals surface area contributed by atoms with Crippen molar-refractivity contribution in [2.75, 3.05) is 5.32 Å². The van der Waals surface area contributed by atoms with Crippen molar-refractivity contribution < 1.29 is 9.59 Å². The first-order valence-electron chi connectivity index (χ1n) is 6.77. The van der Waals surface area contributed by atoms with Crippen LogP contribution < -0.4 is 11.1 Å². The molecule has 0 unspecified atom stereocenters. The Morgan fingerprint density at radius 3 is 2.84 bits per heavy atom. The number of fused-ring (bicyclic) bond motifs is 1. The summed E-state index contributed by atoms with van der Waals surface area (Å²) in [5.41, 5.74) is 7.08. The average molecular weight is 280 g/mol. The highest BCUT2D eigenvalue weighted by atomic mass is 32.1. The second-order valence-corrected chi connectivity index (χ2v) is 6.32. The molecule has 1 aliphatic carbocycles. The van der Waals surface area contributed by atoms with Gasteiger partial charge in [-0.1, -0.05) is 13.8 Å². The molecule has 1 heterocycles. The Bertz CT molecular complexity index is 508. The van der Waals surface area contributed by atoms with Gasteiger partial charge in [-0.05, 0) is 37.2 Å². The van der Waals surface area contributed by atoms with Crippen molar-refractivity contribution in [3.8, 4) is 0 Å². The standard InChI is InChI=1S/C14H20N2O2S/c1-3-4-11(17)16-14-12(13(15)18)9-6-5-8(2)7-10(9)19-14/h8H,3-7H2,1-2H3,(H2,15,18)(H,16,17)/t8-/m1/s1. The Hall–Kier alpha value is -1.36. The number of primary amides is 1. The number of hydrogen-bond acceptors (Lipinski definition) is 3. The lowest BCUT2D eigenvalue weighted by Crippen LogP contribution is -2.19. The van der Waals surface area contributed by atoms with Crippen molar-refractivity contribution in [2.45, 2.75) is 46.0 Å². The minimum atomic E-state index is -0.432. The molecule has 5 heteroatoms. The molecular weight excluding hydrogens is 260 g/mol. The Morgan fingerprint density at radius 2 is 2.21 bits per heavy atom. The third kappa shape index (κ3) is 2.97. The predicted molar refractivity (Wildman–Crippen MR) is 77.6 cm³/mol. The van der Waals surface area contributed by atoms with Crippen LogP contribution in [0.15, 0.2) is 0 Å². The highest BCUT2D eigenvalue weighted by Gasteiger charge is 2.26. The summed E-state index contributed by atoms with van der Waals surface area (Å²) in [6, 6.07) is 0. The van der Waals surface area contributed by atoms with Crippen LogP contribution in [0.5, 0.6) is 0 Å². The van der Waals surface area contributed by atoms with Gasteiger partial charge in [0, 0.05) is 11.3 Å². The topological polar surface area (TPSA) is 72.2 Å². The summed E-state index contributed by atoms with van der Waals surface area (Å²) in [5, 5.41) is 3.49. The number of anilines is 1. The molecule has 0 bridgehead atoms. The predicted octanol–water partition coefficient (Wildman–Crippen LogP) is 2.71. The maximum Gasteiger partial charge on any atom is 0.251 e. The van der Waals surface area contributed by atoms with Crippen LogP contribution in [-0.2, 0) is 17.6 Å². The van der Waals surface area contributed by atoms with Gasteiger partial charge in [-0.3, -0.25) is 9.59 Å². The summed E-state index contributed by atoms with van der Waals surface area (Å²) < 4.78 is 0. The summed E-state index contributed by atoms with van der Waals surface area (Å²) in [6.45, 7) is 4.16. The van der Waals surface area contributed by atoms with E-state index in [1.807, 2.05) is 6.92 Å². The third-order valence-corrected chi connectivity index (χ3v) is 4.66. The number of hydrogen-bond donors (Lipinski definition) is 2. The van der Waals surface area contributed by atoms with Crippen LogP contribution in [0.1, 0.15) is 53.9 Å². The highest BCUT2D eigenvalue weighted by molar-refractivity contribution is 7.17. The number of nitrogens with one attached hydrogen (secondary N) is 1. The van der Waals surface area contributed by atoms with Crippen molar-refractivity contribution >= 4 is 28.2 Å². The molecule has 19 heavy (non-hydrogen) atoms. The lowest BCUT2D eigenvalue weighted by molar-refractivity contribution is -0.116. The van der Waals surface area contributed by atoms with E-state index in [-0.39, 0.29) is 5.91 Å². The Balaban J connectivity index is 2.32. The van der Waals surface area contributed by atoms with Gasteiger partial charge in [0.2, 0.25) is 5.91 Å². The van der Waals surface area contributed by atoms with Gasteiger partial charge >= 0.3 is 0 Å². The molecule has 2 rings (SSSR count). The number of carbonyl (C=O) groups is 2. The Labute approximate surface area is 117 Å². The van der Waals surface area contributed by atoms with Gasteiger partial charge in [0.15, 0.2) is 0 Å². The average Bonchev–Trinajstić information content (AvgIpc) is 2.65. The van der Waals surface area contributed by atoms with Gasteiger partial charge in [0.05, 0.1) is 5.56 Å². The molecular formula is C14H20N2O2S. The third-order valence-electron chi connectivity index (χ3n) is 3.49. The summed E-state index contributed by atoms with van der Waals surface area (Å²) in [5.74, 6) is 0.154. The van der Waals surface area contributed by atoms with E-state index >= 15 is 0 Å². The molecule has 0 fully saturated rings. The molecule has 0 radical (unpaired) electrons. The molecule has 1 aromatic heterocycles. The van der Waals surface area contributed by atoms with E-state index in [2.05, 4.69) is 12.2 Å². The van der Waals surface area contributed by atoms with E-state index in [9.17, 15) is 9.59 Å². The summed E-state index contributed by atoms with van der Waals surface area (Å²) in [6.07, 6.45) is 4.20. The molecule has 1 aliphatic rings. The molecule has 0 saturated heterocycles. The van der Waals surface area contributed by atoms with Crippen LogP contribution in [0.4, 0.5) is 5.00 Å². The fraction of sp³-hybridized carbons (Fsp3) is 0.571. The van der Waals surface area contributed by atoms with E-state index in [0.717, 1.165) is 31.2 Å². The minimum absolute atomic E-state index is 0.0448. The molecule has 0 aliphatic heterocycles. The van der Waals surface area contributed by atoms with Crippen molar-refractivity contribution in [2.24, 2.45) is 11.7 Å². The molecule has 1 atom stereocenters. The number of rotatable bonds is 4. The zero-order chi connectivity index (χ0) is 14.0. The first kappa shape index (κ1) is 14.1. The zero-order valence-corrected chi connectivity index (χ0v) is 12.2. The lowest BCUT2D eigenvalue weighted by Gasteiger charge is -2.18. The molecule has 0 spiro atoms. The summed E-state index contributed by atoms with van der Waals surface area (Å²) >= 11 is 1.52. The molecule has 104 valence electrons. The van der Waals surface area contributed by atoms with Crippen LogP contribution in [0.25, 0.3) is 0 Å². The van der Waals surface area contributed by atoms with Crippen molar-refractivity contribution in [3.05, 3.63) is 16.0 Å². The van der Waals surface area contributed by atoms with Crippen molar-refractivity contribution in [3.63, 3.8) is 0 Å². The van der Waals surface area contributed by atoms with E-state index in [1.165, 1.54) is 16.2 Å². The second-order valence-electron chi connectivity index (χ2n) is 5.22. The van der Waals surface area contributed by atoms with E-state index in [0.29, 0.717) is 22.9 Å². The number of carbonyl (C=O) groups excluding carboxylic acids is 2. The minimum Gasteiger partial charge on any atom is -0.365 e. The van der Waals surface area contributed by atoms with Gasteiger partial charge in [0.25, 0.3) is 5.91 Å². The monoisotopic (exact) mass is 280 g/mol. The SMILES string of the molecule is CCCC(=O)Nc1sc2c(c1C(N)=O)CC[C@@H](C)C2. The number of thiophene rings is 1. The lowest BCUT2D eigenvalue weighted by atomic mass is 9.88. The highest BCUT2D eigenvalue weighted by Crippen LogP contribution is 2.39. The van der Waals surface area contributed by atoms with E-state index in [4.69, 9.17) is 5.73 Å². The Morgan fingerprint density at radius 1 is 1.47 bits per heavy atom. The van der Waals surface area contributed by atoms with Gasteiger partial charge in [0.1, 0.15) is 5.00 Å². The molecule has 1 aromatic rings. The van der Waals surface area contributed by atoms with Gasteiger partial charge in [-0.15, -0.1) is 11.3 Å². The van der Waals surface area contributed by atoms with Crippen LogP contribution in [-0.4, -0.2) is 11.8 Å². The van der Waals surface area contributed by atoms with Crippen LogP contribution in [0, 0.1) is 5.92 Å². The van der Waals surface area contributed by atoms with Gasteiger partial charge in [-0.2, -0.15) is 0 Å². The van der Waals surface area contributed by atoms with Crippen molar-refractivity contribution in [1.82, 2.24) is 0 Å². The maximum absolute atomic E-state index is 11.7. The molecule has 0 saturated carbocycles. The van der Waals surface area contributed by atoms with Gasteiger partial charge in [-0.25, -0.2) is 0 Å². The van der Waals surface area contributed by atoms with Crippen LogP contribution in [0.3, 0.4) is 0 Å². The second kappa shape index (κ2) is 5.74. The molecule has 3 N–H and O–H groups in total. The van der Waals surface area contributed by atoms with E-state index < -0.39 is 5.91 Å². The van der Waals surface area contributed by atoms with E-state index in [1.54, 1.807) is 0 Å². The Kier molecular flexibility index (Phi) is 4.24. The smallest absolute Gasteiger partial charge is 0.251 e. The fourth-order valence-electron chi connectivity index (χ4n) is 2.52. The first-order chi connectivity index (χ1) is 9.02.